The summed E-state index contributed by atoms with van der Waals surface area (Å²) in [6.45, 7) is 5.12. The minimum Gasteiger partial charge on any atom is -0.383 e. The zero-order valence-corrected chi connectivity index (χ0v) is 10.4. The summed E-state index contributed by atoms with van der Waals surface area (Å²) < 4.78 is 5.01. The fourth-order valence-corrected chi connectivity index (χ4v) is 1.59. The van der Waals surface area contributed by atoms with Crippen molar-refractivity contribution in [1.29, 1.82) is 0 Å². The first-order valence-corrected chi connectivity index (χ1v) is 5.30. The first kappa shape index (κ1) is 12.9. The Hall–Kier alpha value is -1.20. The largest absolute Gasteiger partial charge is 0.383 e. The predicted molar refractivity (Wildman–Crippen MR) is 64.6 cm³/mol. The number of methoxy groups -OCH3 is 1. The van der Waals surface area contributed by atoms with Gasteiger partial charge in [0.1, 0.15) is 5.82 Å². The smallest absolute Gasteiger partial charge is 0.150 e. The first-order chi connectivity index (χ1) is 7.54. The Morgan fingerprint density at radius 1 is 1.50 bits per heavy atom. The lowest BCUT2D eigenvalue weighted by molar-refractivity contribution is 0.181. The van der Waals surface area contributed by atoms with Crippen molar-refractivity contribution in [3.8, 4) is 0 Å². The van der Waals surface area contributed by atoms with Crippen LogP contribution in [-0.2, 0) is 4.74 Å². The average Bonchev–Trinajstić information content (AvgIpc) is 2.21. The molecule has 0 aliphatic rings. The molecule has 1 unspecified atom stereocenters. The molecule has 0 saturated carbocycles. The van der Waals surface area contributed by atoms with Crippen molar-refractivity contribution >= 4 is 5.82 Å². The Balaban J connectivity index is 2.72. The van der Waals surface area contributed by atoms with Gasteiger partial charge in [-0.1, -0.05) is 0 Å². The van der Waals surface area contributed by atoms with Crippen molar-refractivity contribution in [3.63, 3.8) is 0 Å². The number of nitrogens with zero attached hydrogens (tertiary/aromatic N) is 3. The molecule has 16 heavy (non-hydrogen) atoms. The van der Waals surface area contributed by atoms with Crippen LogP contribution in [0.25, 0.3) is 0 Å². The molecule has 0 spiro atoms. The summed E-state index contributed by atoms with van der Waals surface area (Å²) >= 11 is 0. The highest BCUT2D eigenvalue weighted by Gasteiger charge is 2.11. The van der Waals surface area contributed by atoms with E-state index in [1.807, 2.05) is 25.8 Å². The molecule has 0 radical (unpaired) electrons. The number of aromatic nitrogens is 2. The van der Waals surface area contributed by atoms with E-state index in [2.05, 4.69) is 9.97 Å². The summed E-state index contributed by atoms with van der Waals surface area (Å²) in [5.74, 6) is 0.881. The minimum atomic E-state index is -0.0169. The van der Waals surface area contributed by atoms with Crippen LogP contribution >= 0.6 is 0 Å². The molecule has 2 N–H and O–H groups in total. The maximum Gasteiger partial charge on any atom is 0.150 e. The van der Waals surface area contributed by atoms with Gasteiger partial charge in [0.05, 0.1) is 18.0 Å². The van der Waals surface area contributed by atoms with Gasteiger partial charge in [0, 0.05) is 32.9 Å². The topological polar surface area (TPSA) is 64.3 Å². The molecule has 0 fully saturated rings. The summed E-state index contributed by atoms with van der Waals surface area (Å²) in [6, 6.07) is -0.0169. The van der Waals surface area contributed by atoms with Gasteiger partial charge in [0.2, 0.25) is 0 Å². The zero-order chi connectivity index (χ0) is 12.1. The molecular weight excluding hydrogens is 204 g/mol. The van der Waals surface area contributed by atoms with E-state index in [9.17, 15) is 0 Å². The van der Waals surface area contributed by atoms with E-state index >= 15 is 0 Å². The summed E-state index contributed by atoms with van der Waals surface area (Å²) in [6.07, 6.45) is 1.77. The van der Waals surface area contributed by atoms with Crippen LogP contribution in [0.3, 0.4) is 0 Å². The van der Waals surface area contributed by atoms with Crippen LogP contribution in [0.2, 0.25) is 0 Å². The fraction of sp³-hybridized carbons (Fsp3) is 0.636. The van der Waals surface area contributed by atoms with Crippen molar-refractivity contribution in [2.45, 2.75) is 19.9 Å². The molecular formula is C11H20N4O. The number of nitrogens with two attached hydrogens (primary N) is 1. The molecule has 1 rings (SSSR count). The monoisotopic (exact) mass is 224 g/mol. The van der Waals surface area contributed by atoms with Gasteiger partial charge < -0.3 is 15.4 Å². The third-order valence-electron chi connectivity index (χ3n) is 2.30. The summed E-state index contributed by atoms with van der Waals surface area (Å²) in [4.78, 5) is 10.7. The maximum absolute atomic E-state index is 5.90. The van der Waals surface area contributed by atoms with E-state index in [1.165, 1.54) is 0 Å². The molecule has 1 atom stereocenters. The van der Waals surface area contributed by atoms with Crippen molar-refractivity contribution in [2.24, 2.45) is 5.73 Å². The van der Waals surface area contributed by atoms with Crippen LogP contribution in [0.5, 0.6) is 0 Å². The molecule has 1 aromatic rings. The number of hydrogen-bond donors (Lipinski definition) is 1. The second kappa shape index (κ2) is 5.77. The van der Waals surface area contributed by atoms with Crippen LogP contribution in [0.15, 0.2) is 6.20 Å². The number of likely N-dealkylation sites (N-methyl/N-ethyl adjacent to an activating group) is 1. The summed E-state index contributed by atoms with van der Waals surface area (Å²) in [5, 5.41) is 0. The van der Waals surface area contributed by atoms with Gasteiger partial charge in [-0.05, 0) is 13.8 Å². The molecule has 1 aromatic heterocycles. The minimum absolute atomic E-state index is 0.0169. The highest BCUT2D eigenvalue weighted by Crippen LogP contribution is 2.13. The van der Waals surface area contributed by atoms with E-state index in [4.69, 9.17) is 10.5 Å². The van der Waals surface area contributed by atoms with Crippen LogP contribution in [0.1, 0.15) is 11.4 Å². The Labute approximate surface area is 96.6 Å². The Morgan fingerprint density at radius 2 is 2.19 bits per heavy atom. The third kappa shape index (κ3) is 3.43. The molecule has 5 heteroatoms. The molecule has 0 aromatic carbocycles. The lowest BCUT2D eigenvalue weighted by Crippen LogP contribution is -2.39. The van der Waals surface area contributed by atoms with Crippen LogP contribution in [0.4, 0.5) is 5.82 Å². The Kier molecular flexibility index (Phi) is 4.64. The average molecular weight is 224 g/mol. The van der Waals surface area contributed by atoms with E-state index in [1.54, 1.807) is 13.3 Å². The van der Waals surface area contributed by atoms with E-state index < -0.39 is 0 Å². The van der Waals surface area contributed by atoms with Gasteiger partial charge in [-0.3, -0.25) is 4.98 Å². The molecule has 1 heterocycles. The number of anilines is 1. The number of hydrogen-bond acceptors (Lipinski definition) is 5. The van der Waals surface area contributed by atoms with Crippen molar-refractivity contribution < 1.29 is 4.74 Å². The highest BCUT2D eigenvalue weighted by atomic mass is 16.5. The quantitative estimate of drug-likeness (QED) is 0.789. The lowest BCUT2D eigenvalue weighted by Gasteiger charge is -2.23. The Morgan fingerprint density at radius 3 is 2.81 bits per heavy atom. The standard InChI is InChI=1S/C11H20N4O/c1-8-5-13-9(2)11(14-8)15(3)6-10(12)7-16-4/h5,10H,6-7,12H2,1-4H3. The van der Waals surface area contributed by atoms with Crippen molar-refractivity contribution in [1.82, 2.24) is 9.97 Å². The van der Waals surface area contributed by atoms with E-state index in [0.29, 0.717) is 13.2 Å². The van der Waals surface area contributed by atoms with Gasteiger partial charge in [-0.2, -0.15) is 0 Å². The number of ether oxygens (including phenoxy) is 1. The van der Waals surface area contributed by atoms with Gasteiger partial charge >= 0.3 is 0 Å². The Bertz CT molecular complexity index is 343. The van der Waals surface area contributed by atoms with E-state index in [0.717, 1.165) is 17.2 Å². The van der Waals surface area contributed by atoms with Crippen molar-refractivity contribution in [2.75, 3.05) is 32.2 Å². The molecule has 5 nitrogen and oxygen atoms in total. The number of aryl methyl sites for hydroxylation is 2. The second-order valence-corrected chi connectivity index (χ2v) is 4.02. The van der Waals surface area contributed by atoms with Crippen LogP contribution < -0.4 is 10.6 Å². The molecule has 0 aliphatic carbocycles. The first-order valence-electron chi connectivity index (χ1n) is 5.30. The van der Waals surface area contributed by atoms with Gasteiger partial charge in [-0.15, -0.1) is 0 Å². The second-order valence-electron chi connectivity index (χ2n) is 4.02. The van der Waals surface area contributed by atoms with Crippen LogP contribution in [0, 0.1) is 13.8 Å². The fourth-order valence-electron chi connectivity index (χ4n) is 1.59. The van der Waals surface area contributed by atoms with Crippen LogP contribution in [-0.4, -0.2) is 43.3 Å². The molecule has 0 aliphatic heterocycles. The maximum atomic E-state index is 5.90. The van der Waals surface area contributed by atoms with E-state index in [-0.39, 0.29) is 6.04 Å². The highest BCUT2D eigenvalue weighted by molar-refractivity contribution is 5.42. The summed E-state index contributed by atoms with van der Waals surface area (Å²) in [7, 11) is 3.61. The normalized spacial score (nSPS) is 12.6. The molecule has 0 bridgehead atoms. The van der Waals surface area contributed by atoms with Crippen molar-refractivity contribution in [3.05, 3.63) is 17.6 Å². The number of rotatable bonds is 5. The molecule has 90 valence electrons. The van der Waals surface area contributed by atoms with Gasteiger partial charge in [0.25, 0.3) is 0 Å². The molecule has 0 saturated heterocycles. The zero-order valence-electron chi connectivity index (χ0n) is 10.4. The predicted octanol–water partition coefficient (Wildman–Crippen LogP) is 0.503. The van der Waals surface area contributed by atoms with Gasteiger partial charge in [-0.25, -0.2) is 4.98 Å². The lowest BCUT2D eigenvalue weighted by atomic mass is 10.3. The third-order valence-corrected chi connectivity index (χ3v) is 2.30. The summed E-state index contributed by atoms with van der Waals surface area (Å²) in [5.41, 5.74) is 7.72. The van der Waals surface area contributed by atoms with Gasteiger partial charge in [0.15, 0.2) is 0 Å². The molecule has 0 amide bonds. The SMILES string of the molecule is COCC(N)CN(C)c1nc(C)cnc1C.